The summed E-state index contributed by atoms with van der Waals surface area (Å²) < 4.78 is 110. The Kier molecular flexibility index (Phi) is 7.74. The van der Waals surface area contributed by atoms with Crippen LogP contribution in [0.4, 0.5) is 35.1 Å². The lowest BCUT2D eigenvalue weighted by Gasteiger charge is -2.39. The molecule has 2 fully saturated rings. The molecule has 0 aromatic heterocycles. The zero-order valence-electron chi connectivity index (χ0n) is 15.7. The van der Waals surface area contributed by atoms with E-state index in [-0.39, 0.29) is 25.7 Å². The quantitative estimate of drug-likeness (QED) is 0.222. The minimum atomic E-state index is -4.92. The molecule has 0 aromatic rings. The molecule has 0 aliphatic heterocycles. The number of rotatable bonds is 7. The summed E-state index contributed by atoms with van der Waals surface area (Å²) in [6.45, 7) is 0. The third-order valence-corrected chi connectivity index (χ3v) is 6.85. The molecule has 0 bridgehead atoms. The van der Waals surface area contributed by atoms with Crippen LogP contribution in [0.3, 0.4) is 0 Å². The van der Waals surface area contributed by atoms with Gasteiger partial charge in [0.15, 0.2) is 0 Å². The van der Waals surface area contributed by atoms with Crippen molar-refractivity contribution in [1.82, 2.24) is 0 Å². The van der Waals surface area contributed by atoms with Gasteiger partial charge in [-0.3, -0.25) is 0 Å². The molecule has 0 aromatic carbocycles. The molecule has 0 saturated heterocycles. The van der Waals surface area contributed by atoms with Gasteiger partial charge in [0.25, 0.3) is 0 Å². The summed E-state index contributed by atoms with van der Waals surface area (Å²) >= 11 is 18.9. The summed E-state index contributed by atoms with van der Waals surface area (Å²) in [5.41, 5.74) is -9.66. The fourth-order valence-electron chi connectivity index (χ4n) is 4.04. The van der Waals surface area contributed by atoms with Gasteiger partial charge in [-0.25, -0.2) is 0 Å². The van der Waals surface area contributed by atoms with Gasteiger partial charge in [0.2, 0.25) is 11.2 Å². The van der Waals surface area contributed by atoms with E-state index < -0.39 is 68.8 Å². The van der Waals surface area contributed by atoms with Gasteiger partial charge in [0, 0.05) is 23.3 Å². The van der Waals surface area contributed by atoms with Crippen molar-refractivity contribution in [2.24, 2.45) is 22.0 Å². The highest BCUT2D eigenvalue weighted by Gasteiger charge is 2.73. The van der Waals surface area contributed by atoms with Crippen molar-refractivity contribution in [3.63, 3.8) is 0 Å². The average molecular weight is 562 g/mol. The number of alkyl halides is 12. The number of nitrogens with zero attached hydrogens (tertiary/aromatic N) is 2. The Morgan fingerprint density at radius 1 is 0.594 bits per heavy atom. The molecule has 0 unspecified atom stereocenters. The number of aliphatic hydroxyl groups is 2. The summed E-state index contributed by atoms with van der Waals surface area (Å²) in [7, 11) is 0. The number of halogens is 12. The number of hydrogen-bond donors (Lipinski definition) is 2. The van der Waals surface area contributed by atoms with E-state index >= 15 is 0 Å². The van der Waals surface area contributed by atoms with Crippen molar-refractivity contribution in [2.75, 3.05) is 0 Å². The summed E-state index contributed by atoms with van der Waals surface area (Å²) in [5, 5.41) is 7.44. The van der Waals surface area contributed by atoms with Gasteiger partial charge >= 0.3 is 21.5 Å². The normalized spacial score (nSPS) is 27.1. The maximum absolute atomic E-state index is 13.7. The Hall–Kier alpha value is -0.140. The molecule has 2 aliphatic rings. The van der Waals surface area contributed by atoms with E-state index in [4.69, 9.17) is 46.4 Å². The lowest BCUT2D eigenvalue weighted by atomic mass is 9.84. The second kappa shape index (κ2) is 8.82. The first-order chi connectivity index (χ1) is 14.2. The third-order valence-electron chi connectivity index (χ3n) is 5.70. The zero-order chi connectivity index (χ0) is 25.0. The summed E-state index contributed by atoms with van der Waals surface area (Å²) in [4.78, 5) is 0. The van der Waals surface area contributed by atoms with Crippen molar-refractivity contribution in [2.45, 2.75) is 71.3 Å². The molecule has 32 heavy (non-hydrogen) atoms. The third kappa shape index (κ3) is 4.68. The smallest absolute Gasteiger partial charge is 0.357 e. The Morgan fingerprint density at radius 3 is 1.06 bits per heavy atom. The molecule has 4 nitrogen and oxygen atoms in total. The lowest BCUT2D eigenvalue weighted by Crippen LogP contribution is -2.62. The van der Waals surface area contributed by atoms with Crippen LogP contribution in [0.5, 0.6) is 0 Å². The van der Waals surface area contributed by atoms with Gasteiger partial charge in [-0.1, -0.05) is 0 Å². The van der Waals surface area contributed by atoms with Crippen molar-refractivity contribution in [3.05, 3.63) is 0 Å². The van der Waals surface area contributed by atoms with Crippen LogP contribution < -0.4 is 0 Å². The van der Waals surface area contributed by atoms with E-state index in [0.717, 1.165) is 0 Å². The SMILES string of the molecule is OC([C@H]1CCC/C1=N\N=C1/CCC[C@@H]1C(O)(C(F)(F)Cl)C(F)(F)Cl)(C(F)(F)Cl)C(F)(F)Cl. The molecular formula is C16H16Cl4F8N2O2. The predicted molar refractivity (Wildman–Crippen MR) is 103 cm³/mol. The molecule has 2 atom stereocenters. The van der Waals surface area contributed by atoms with Crippen molar-refractivity contribution in [3.8, 4) is 0 Å². The molecule has 0 amide bonds. The molecule has 16 heteroatoms. The first kappa shape index (κ1) is 28.1. The second-order valence-electron chi connectivity index (χ2n) is 7.60. The maximum Gasteiger partial charge on any atom is 0.357 e. The largest absolute Gasteiger partial charge is 0.376 e. The van der Waals surface area contributed by atoms with Gasteiger partial charge in [0.05, 0.1) is 0 Å². The predicted octanol–water partition coefficient (Wildman–Crippen LogP) is 6.17. The van der Waals surface area contributed by atoms with Crippen LogP contribution in [0.1, 0.15) is 38.5 Å². The van der Waals surface area contributed by atoms with Gasteiger partial charge in [-0.15, -0.1) is 0 Å². The molecule has 2 saturated carbocycles. The van der Waals surface area contributed by atoms with Crippen molar-refractivity contribution in [1.29, 1.82) is 0 Å². The topological polar surface area (TPSA) is 65.2 Å². The van der Waals surface area contributed by atoms with Gasteiger partial charge in [-0.05, 0) is 84.9 Å². The van der Waals surface area contributed by atoms with E-state index in [1.165, 1.54) is 0 Å². The fraction of sp³-hybridized carbons (Fsp3) is 0.875. The van der Waals surface area contributed by atoms with Crippen LogP contribution in [-0.4, -0.2) is 54.4 Å². The van der Waals surface area contributed by atoms with Gasteiger partial charge < -0.3 is 10.2 Å². The average Bonchev–Trinajstić information content (AvgIpc) is 3.23. The van der Waals surface area contributed by atoms with E-state index in [0.29, 0.717) is 0 Å². The van der Waals surface area contributed by atoms with E-state index in [2.05, 4.69) is 10.2 Å². The molecule has 0 spiro atoms. The van der Waals surface area contributed by atoms with Crippen LogP contribution in [0.25, 0.3) is 0 Å². The minimum Gasteiger partial charge on any atom is -0.376 e. The fourth-order valence-corrected chi connectivity index (χ4v) is 5.13. The highest BCUT2D eigenvalue weighted by atomic mass is 35.5. The van der Waals surface area contributed by atoms with Crippen LogP contribution in [-0.2, 0) is 0 Å². The Bertz CT molecular complexity index is 682. The van der Waals surface area contributed by atoms with Crippen molar-refractivity contribution < 1.29 is 45.3 Å². The maximum atomic E-state index is 13.7. The molecule has 2 aliphatic carbocycles. The zero-order valence-corrected chi connectivity index (χ0v) is 18.7. The standard InChI is InChI=1S/C16H16Cl4F8N2O2/c17-13(21,22)11(31,14(18,23)24)7-3-1-5-9(7)29-30-10-6-2-4-8(10)12(32,15(19,25)26)16(20,27)28/h7-8,31-32H,1-6H2/b29-9+,30-10+/t7-,8-/m0/s1. The van der Waals surface area contributed by atoms with Gasteiger partial charge in [-0.2, -0.15) is 45.3 Å². The molecule has 2 N–H and O–H groups in total. The summed E-state index contributed by atoms with van der Waals surface area (Å²) in [6, 6.07) is 0. The van der Waals surface area contributed by atoms with Crippen molar-refractivity contribution >= 4 is 57.8 Å². The van der Waals surface area contributed by atoms with Crippen LogP contribution in [0.2, 0.25) is 0 Å². The second-order valence-corrected chi connectivity index (χ2v) is 9.49. The summed E-state index contributed by atoms with van der Waals surface area (Å²) in [6.07, 6.45) is -1.45. The van der Waals surface area contributed by atoms with Crippen LogP contribution in [0, 0.1) is 11.8 Å². The molecule has 2 rings (SSSR count). The molecular weight excluding hydrogens is 546 g/mol. The Balaban J connectivity index is 2.51. The van der Waals surface area contributed by atoms with Crippen LogP contribution in [0.15, 0.2) is 10.2 Å². The first-order valence-corrected chi connectivity index (χ1v) is 10.6. The molecule has 0 heterocycles. The monoisotopic (exact) mass is 560 g/mol. The van der Waals surface area contributed by atoms with E-state index in [1.807, 2.05) is 0 Å². The molecule has 186 valence electrons. The Morgan fingerprint density at radius 2 is 0.844 bits per heavy atom. The lowest BCUT2D eigenvalue weighted by molar-refractivity contribution is -0.232. The Labute approximate surface area is 196 Å². The van der Waals surface area contributed by atoms with Gasteiger partial charge in [0.1, 0.15) is 0 Å². The van der Waals surface area contributed by atoms with E-state index in [1.54, 1.807) is 0 Å². The first-order valence-electron chi connectivity index (χ1n) is 9.04. The summed E-state index contributed by atoms with van der Waals surface area (Å²) in [5.74, 6) is -4.20. The van der Waals surface area contributed by atoms with E-state index in [9.17, 15) is 45.3 Å². The molecule has 0 radical (unpaired) electrons. The number of hydrogen-bond acceptors (Lipinski definition) is 4. The highest BCUT2D eigenvalue weighted by Crippen LogP contribution is 2.55. The highest BCUT2D eigenvalue weighted by molar-refractivity contribution is 6.27. The minimum absolute atomic E-state index is 0.0243. The van der Waals surface area contributed by atoms with Crippen LogP contribution >= 0.6 is 46.4 Å².